The quantitative estimate of drug-likeness (QED) is 0.325. The largest absolute Gasteiger partial charge is 0.457 e. The lowest BCUT2D eigenvalue weighted by Gasteiger charge is -2.19. The van der Waals surface area contributed by atoms with Gasteiger partial charge in [0.15, 0.2) is 0 Å². The zero-order chi connectivity index (χ0) is 21.1. The van der Waals surface area contributed by atoms with Gasteiger partial charge in [0.2, 0.25) is 0 Å². The van der Waals surface area contributed by atoms with Gasteiger partial charge < -0.3 is 4.74 Å². The molecule has 0 aliphatic carbocycles. The smallest absolute Gasteiger partial charge is 0.129 e. The lowest BCUT2D eigenvalue weighted by Crippen LogP contribution is -2.10. The lowest BCUT2D eigenvalue weighted by atomic mass is 9.86. The van der Waals surface area contributed by atoms with E-state index in [0.29, 0.717) is 5.02 Å². The monoisotopic (exact) mass is 412 g/mol. The highest BCUT2D eigenvalue weighted by Gasteiger charge is 2.13. The molecule has 150 valence electrons. The summed E-state index contributed by atoms with van der Waals surface area (Å²) < 4.78 is 6.18. The van der Waals surface area contributed by atoms with Crippen LogP contribution in [0.3, 0.4) is 0 Å². The third-order valence-corrected chi connectivity index (χ3v) is 5.35. The summed E-state index contributed by atoms with van der Waals surface area (Å²) in [5.41, 5.74) is 5.88. The van der Waals surface area contributed by atoms with Crippen molar-refractivity contribution < 1.29 is 4.74 Å². The van der Waals surface area contributed by atoms with Gasteiger partial charge in [0.25, 0.3) is 0 Å². The van der Waals surface area contributed by atoms with Gasteiger partial charge in [0, 0.05) is 5.02 Å². The molecular weight excluding hydrogens is 388 g/mol. The van der Waals surface area contributed by atoms with Gasteiger partial charge in [-0.3, -0.25) is 0 Å². The molecule has 4 rings (SSSR count). The van der Waals surface area contributed by atoms with Gasteiger partial charge in [0.05, 0.1) is 0 Å². The molecule has 0 saturated carbocycles. The minimum absolute atomic E-state index is 0.130. The van der Waals surface area contributed by atoms with E-state index in [2.05, 4.69) is 63.2 Å². The van der Waals surface area contributed by atoms with E-state index < -0.39 is 0 Å². The maximum absolute atomic E-state index is 6.42. The van der Waals surface area contributed by atoms with Crippen LogP contribution in [0.25, 0.3) is 22.3 Å². The van der Waals surface area contributed by atoms with Crippen LogP contribution >= 0.6 is 11.6 Å². The van der Waals surface area contributed by atoms with Crippen molar-refractivity contribution in [3.8, 4) is 33.8 Å². The fraction of sp³-hybridized carbons (Fsp3) is 0.143. The topological polar surface area (TPSA) is 9.23 Å². The summed E-state index contributed by atoms with van der Waals surface area (Å²) in [6.07, 6.45) is 0. The maximum atomic E-state index is 6.42. The van der Waals surface area contributed by atoms with Crippen LogP contribution in [0.1, 0.15) is 26.3 Å². The molecule has 0 fully saturated rings. The van der Waals surface area contributed by atoms with Crippen molar-refractivity contribution in [2.45, 2.75) is 26.2 Å². The zero-order valence-electron chi connectivity index (χ0n) is 17.5. The summed E-state index contributed by atoms with van der Waals surface area (Å²) in [6, 6.07) is 32.9. The Hall–Kier alpha value is -3.03. The molecule has 30 heavy (non-hydrogen) atoms. The molecular formula is C28H25ClO. The van der Waals surface area contributed by atoms with Crippen LogP contribution in [-0.4, -0.2) is 0 Å². The van der Waals surface area contributed by atoms with Gasteiger partial charge in [-0.1, -0.05) is 99.1 Å². The van der Waals surface area contributed by atoms with Gasteiger partial charge in [-0.2, -0.15) is 0 Å². The first-order chi connectivity index (χ1) is 14.4. The van der Waals surface area contributed by atoms with Crippen LogP contribution in [-0.2, 0) is 5.41 Å². The summed E-state index contributed by atoms with van der Waals surface area (Å²) in [5, 5.41) is 0.654. The predicted molar refractivity (Wildman–Crippen MR) is 128 cm³/mol. The molecule has 0 atom stereocenters. The molecule has 2 heteroatoms. The Morgan fingerprint density at radius 2 is 1.20 bits per heavy atom. The van der Waals surface area contributed by atoms with Crippen molar-refractivity contribution in [2.24, 2.45) is 0 Å². The Bertz CT molecular complexity index is 1140. The number of halogens is 1. The standard InChI is InChI=1S/C28H25ClO/c1-28(2,3)24-14-12-21(13-15-24)23-16-25(29)19-27(18-23)30-26-11-7-10-22(17-26)20-8-5-4-6-9-20/h4-19H,1-3H3. The van der Waals surface area contributed by atoms with Crippen molar-refractivity contribution in [1.82, 2.24) is 0 Å². The first-order valence-corrected chi connectivity index (χ1v) is 10.5. The molecule has 0 amide bonds. The van der Waals surface area contributed by atoms with Gasteiger partial charge in [-0.15, -0.1) is 0 Å². The molecule has 1 nitrogen and oxygen atoms in total. The average molecular weight is 413 g/mol. The Labute approximate surface area is 183 Å². The summed E-state index contributed by atoms with van der Waals surface area (Å²) in [7, 11) is 0. The maximum Gasteiger partial charge on any atom is 0.129 e. The molecule has 0 unspecified atom stereocenters. The summed E-state index contributed by atoms with van der Waals surface area (Å²) in [5.74, 6) is 1.51. The van der Waals surface area contributed by atoms with Crippen molar-refractivity contribution in [2.75, 3.05) is 0 Å². The fourth-order valence-electron chi connectivity index (χ4n) is 3.46. The second kappa shape index (κ2) is 8.38. The first kappa shape index (κ1) is 20.3. The second-order valence-corrected chi connectivity index (χ2v) is 8.94. The van der Waals surface area contributed by atoms with Crippen LogP contribution in [0, 0.1) is 0 Å². The summed E-state index contributed by atoms with van der Waals surface area (Å²) >= 11 is 6.42. The lowest BCUT2D eigenvalue weighted by molar-refractivity contribution is 0.483. The second-order valence-electron chi connectivity index (χ2n) is 8.50. The molecule has 0 N–H and O–H groups in total. The minimum Gasteiger partial charge on any atom is -0.457 e. The van der Waals surface area contributed by atoms with Crippen molar-refractivity contribution >= 4 is 11.6 Å². The third kappa shape index (κ3) is 4.75. The highest BCUT2D eigenvalue weighted by molar-refractivity contribution is 6.31. The molecule has 0 saturated heterocycles. The minimum atomic E-state index is 0.130. The Balaban J connectivity index is 1.62. The molecule has 4 aromatic rings. The fourth-order valence-corrected chi connectivity index (χ4v) is 3.68. The Kier molecular flexibility index (Phi) is 5.65. The van der Waals surface area contributed by atoms with Gasteiger partial charge in [0.1, 0.15) is 11.5 Å². The number of rotatable bonds is 4. The molecule has 0 radical (unpaired) electrons. The molecule has 4 aromatic carbocycles. The SMILES string of the molecule is CC(C)(C)c1ccc(-c2cc(Cl)cc(Oc3cccc(-c4ccccc4)c3)c2)cc1. The van der Waals surface area contributed by atoms with Crippen LogP contribution in [0.4, 0.5) is 0 Å². The average Bonchev–Trinajstić information content (AvgIpc) is 2.74. The van der Waals surface area contributed by atoms with E-state index in [0.717, 1.165) is 33.8 Å². The van der Waals surface area contributed by atoms with Crippen LogP contribution in [0.5, 0.6) is 11.5 Å². The molecule has 0 bridgehead atoms. The van der Waals surface area contributed by atoms with Crippen LogP contribution in [0.15, 0.2) is 97.1 Å². The van der Waals surface area contributed by atoms with E-state index in [1.165, 1.54) is 5.56 Å². The van der Waals surface area contributed by atoms with Crippen LogP contribution in [0.2, 0.25) is 5.02 Å². The highest BCUT2D eigenvalue weighted by atomic mass is 35.5. The number of hydrogen-bond acceptors (Lipinski definition) is 1. The number of hydrogen-bond donors (Lipinski definition) is 0. The first-order valence-electron chi connectivity index (χ1n) is 10.1. The predicted octanol–water partition coefficient (Wildman–Crippen LogP) is 8.76. The Morgan fingerprint density at radius 3 is 1.90 bits per heavy atom. The van der Waals surface area contributed by atoms with E-state index in [-0.39, 0.29) is 5.41 Å². The molecule has 0 aliphatic heterocycles. The summed E-state index contributed by atoms with van der Waals surface area (Å²) in [6.45, 7) is 6.66. The Morgan fingerprint density at radius 1 is 0.567 bits per heavy atom. The normalized spacial score (nSPS) is 11.3. The molecule has 0 heterocycles. The number of benzene rings is 4. The van der Waals surface area contributed by atoms with Gasteiger partial charge >= 0.3 is 0 Å². The van der Waals surface area contributed by atoms with Crippen molar-refractivity contribution in [1.29, 1.82) is 0 Å². The number of ether oxygens (including phenoxy) is 1. The zero-order valence-corrected chi connectivity index (χ0v) is 18.3. The summed E-state index contributed by atoms with van der Waals surface area (Å²) in [4.78, 5) is 0. The van der Waals surface area contributed by atoms with E-state index in [9.17, 15) is 0 Å². The highest BCUT2D eigenvalue weighted by Crippen LogP contribution is 2.33. The van der Waals surface area contributed by atoms with E-state index >= 15 is 0 Å². The van der Waals surface area contributed by atoms with E-state index in [4.69, 9.17) is 16.3 Å². The van der Waals surface area contributed by atoms with Crippen molar-refractivity contribution in [3.63, 3.8) is 0 Å². The van der Waals surface area contributed by atoms with Crippen molar-refractivity contribution in [3.05, 3.63) is 108 Å². The third-order valence-electron chi connectivity index (χ3n) is 5.13. The van der Waals surface area contributed by atoms with E-state index in [1.807, 2.05) is 54.6 Å². The molecule has 0 aliphatic rings. The van der Waals surface area contributed by atoms with E-state index in [1.54, 1.807) is 0 Å². The van der Waals surface area contributed by atoms with Crippen LogP contribution < -0.4 is 4.74 Å². The van der Waals surface area contributed by atoms with Gasteiger partial charge in [-0.25, -0.2) is 0 Å². The van der Waals surface area contributed by atoms with Gasteiger partial charge in [-0.05, 0) is 63.6 Å². The molecule has 0 spiro atoms. The molecule has 0 aromatic heterocycles.